The average Bonchev–Trinajstić information content (AvgIpc) is 3.24. The normalized spacial score (nSPS) is 15.7. The highest BCUT2D eigenvalue weighted by Gasteiger charge is 2.33. The summed E-state index contributed by atoms with van der Waals surface area (Å²) in [5.41, 5.74) is 6.65. The number of rotatable bonds is 5. The van der Waals surface area contributed by atoms with Crippen LogP contribution in [0.5, 0.6) is 11.5 Å². The van der Waals surface area contributed by atoms with Crippen LogP contribution in [0.1, 0.15) is 32.6 Å². The van der Waals surface area contributed by atoms with Crippen LogP contribution in [0.25, 0.3) is 17.2 Å². The molecule has 0 radical (unpaired) electrons. The van der Waals surface area contributed by atoms with Gasteiger partial charge in [0, 0.05) is 34.3 Å². The van der Waals surface area contributed by atoms with Crippen molar-refractivity contribution in [3.63, 3.8) is 0 Å². The number of halogens is 2. The highest BCUT2D eigenvalue weighted by molar-refractivity contribution is 6.35. The van der Waals surface area contributed by atoms with E-state index < -0.39 is 0 Å². The summed E-state index contributed by atoms with van der Waals surface area (Å²) < 4.78 is 12.2. The van der Waals surface area contributed by atoms with Crippen LogP contribution in [0.4, 0.5) is 0 Å². The van der Waals surface area contributed by atoms with Crippen molar-refractivity contribution in [3.05, 3.63) is 122 Å². The van der Waals surface area contributed by atoms with E-state index in [4.69, 9.17) is 32.7 Å². The first kappa shape index (κ1) is 24.7. The van der Waals surface area contributed by atoms with Gasteiger partial charge in [0.2, 0.25) is 5.78 Å². The largest absolute Gasteiger partial charge is 0.477 e. The highest BCUT2D eigenvalue weighted by Crippen LogP contribution is 2.43. The zero-order valence-corrected chi connectivity index (χ0v) is 22.4. The van der Waals surface area contributed by atoms with Gasteiger partial charge >= 0.3 is 0 Å². The SMILES string of the molecule is Cc1c2c(cc3c1O/C(=C\c1ccc(-c4ccccc4)cc1)C3=O)CN(CCc1ccc(Cl)cc1Cl)CO2. The molecule has 190 valence electrons. The Labute approximate surface area is 232 Å². The summed E-state index contributed by atoms with van der Waals surface area (Å²) in [6, 6.07) is 25.8. The fourth-order valence-corrected chi connectivity index (χ4v) is 5.50. The van der Waals surface area contributed by atoms with Gasteiger partial charge in [-0.3, -0.25) is 9.69 Å². The van der Waals surface area contributed by atoms with E-state index >= 15 is 0 Å². The third kappa shape index (κ3) is 4.83. The van der Waals surface area contributed by atoms with E-state index in [1.54, 1.807) is 12.1 Å². The summed E-state index contributed by atoms with van der Waals surface area (Å²) in [6.45, 7) is 3.86. The maximum atomic E-state index is 13.3. The van der Waals surface area contributed by atoms with Crippen molar-refractivity contribution >= 4 is 35.1 Å². The van der Waals surface area contributed by atoms with Crippen molar-refractivity contribution in [3.8, 4) is 22.6 Å². The minimum atomic E-state index is -0.108. The average molecular weight is 542 g/mol. The van der Waals surface area contributed by atoms with Gasteiger partial charge in [0.15, 0.2) is 5.76 Å². The van der Waals surface area contributed by atoms with E-state index in [9.17, 15) is 4.79 Å². The molecule has 38 heavy (non-hydrogen) atoms. The molecule has 4 aromatic carbocycles. The summed E-state index contributed by atoms with van der Waals surface area (Å²) in [7, 11) is 0. The Bertz CT molecular complexity index is 1560. The highest BCUT2D eigenvalue weighted by atomic mass is 35.5. The lowest BCUT2D eigenvalue weighted by molar-refractivity contribution is 0.0954. The van der Waals surface area contributed by atoms with E-state index in [2.05, 4.69) is 29.2 Å². The molecule has 0 saturated carbocycles. The molecule has 0 unspecified atom stereocenters. The smallest absolute Gasteiger partial charge is 0.231 e. The van der Waals surface area contributed by atoms with E-state index in [-0.39, 0.29) is 5.78 Å². The molecule has 0 N–H and O–H groups in total. The molecule has 0 spiro atoms. The molecule has 4 aromatic rings. The van der Waals surface area contributed by atoms with Crippen LogP contribution in [-0.2, 0) is 13.0 Å². The monoisotopic (exact) mass is 541 g/mol. The Morgan fingerprint density at radius 3 is 2.45 bits per heavy atom. The predicted octanol–water partition coefficient (Wildman–Crippen LogP) is 7.98. The lowest BCUT2D eigenvalue weighted by Crippen LogP contribution is -2.34. The fraction of sp³-hybridized carbons (Fsp3) is 0.156. The van der Waals surface area contributed by atoms with Crippen LogP contribution >= 0.6 is 23.2 Å². The molecule has 6 rings (SSSR count). The number of fused-ring (bicyclic) bond motifs is 2. The molecule has 2 aliphatic heterocycles. The number of benzene rings is 4. The van der Waals surface area contributed by atoms with Gasteiger partial charge in [-0.2, -0.15) is 0 Å². The van der Waals surface area contributed by atoms with Gasteiger partial charge in [0.05, 0.1) is 5.56 Å². The second-order valence-corrected chi connectivity index (χ2v) is 10.4. The summed E-state index contributed by atoms with van der Waals surface area (Å²) in [5, 5.41) is 1.30. The Balaban J connectivity index is 1.19. The minimum Gasteiger partial charge on any atom is -0.477 e. The minimum absolute atomic E-state index is 0.108. The third-order valence-electron chi connectivity index (χ3n) is 7.03. The number of carbonyl (C=O) groups is 1. The van der Waals surface area contributed by atoms with Crippen molar-refractivity contribution in [2.24, 2.45) is 0 Å². The van der Waals surface area contributed by atoms with Gasteiger partial charge in [-0.15, -0.1) is 0 Å². The van der Waals surface area contributed by atoms with Crippen LogP contribution in [0.3, 0.4) is 0 Å². The van der Waals surface area contributed by atoms with Crippen molar-refractivity contribution < 1.29 is 14.3 Å². The topological polar surface area (TPSA) is 38.8 Å². The molecular weight excluding hydrogens is 517 g/mol. The van der Waals surface area contributed by atoms with E-state index in [0.29, 0.717) is 40.4 Å². The van der Waals surface area contributed by atoms with Crippen molar-refractivity contribution in [2.75, 3.05) is 13.3 Å². The van der Waals surface area contributed by atoms with E-state index in [0.717, 1.165) is 52.1 Å². The van der Waals surface area contributed by atoms with Crippen molar-refractivity contribution in [1.82, 2.24) is 4.90 Å². The maximum Gasteiger partial charge on any atom is 0.231 e. The van der Waals surface area contributed by atoms with Gasteiger partial charge < -0.3 is 9.47 Å². The second-order valence-electron chi connectivity index (χ2n) is 9.61. The molecule has 6 heteroatoms. The number of hydrogen-bond donors (Lipinski definition) is 0. The maximum absolute atomic E-state index is 13.3. The number of nitrogens with zero attached hydrogens (tertiary/aromatic N) is 1. The van der Waals surface area contributed by atoms with Gasteiger partial charge in [0.25, 0.3) is 0 Å². The molecule has 0 aliphatic carbocycles. The summed E-state index contributed by atoms with van der Waals surface area (Å²) in [4.78, 5) is 15.5. The van der Waals surface area contributed by atoms with Gasteiger partial charge in [0.1, 0.15) is 18.2 Å². The van der Waals surface area contributed by atoms with Gasteiger partial charge in [-0.1, -0.05) is 83.9 Å². The van der Waals surface area contributed by atoms with Crippen molar-refractivity contribution in [2.45, 2.75) is 19.9 Å². The van der Waals surface area contributed by atoms with Crippen LogP contribution in [-0.4, -0.2) is 24.0 Å². The first-order chi connectivity index (χ1) is 18.5. The summed E-state index contributed by atoms with van der Waals surface area (Å²) >= 11 is 12.4. The van der Waals surface area contributed by atoms with Gasteiger partial charge in [-0.25, -0.2) is 0 Å². The quantitative estimate of drug-likeness (QED) is 0.240. The van der Waals surface area contributed by atoms with Crippen LogP contribution in [0, 0.1) is 6.92 Å². The number of allylic oxidation sites excluding steroid dienone is 1. The summed E-state index contributed by atoms with van der Waals surface area (Å²) in [6.07, 6.45) is 2.58. The zero-order valence-electron chi connectivity index (χ0n) is 20.8. The molecule has 2 aliphatic rings. The fourth-order valence-electron chi connectivity index (χ4n) is 5.00. The number of ether oxygens (including phenoxy) is 2. The zero-order chi connectivity index (χ0) is 26.2. The number of ketones is 1. The molecular formula is C32H25Cl2NO3. The molecule has 0 aromatic heterocycles. The Morgan fingerprint density at radius 2 is 1.68 bits per heavy atom. The molecule has 0 saturated heterocycles. The van der Waals surface area contributed by atoms with Crippen LogP contribution in [0.15, 0.2) is 84.6 Å². The van der Waals surface area contributed by atoms with Gasteiger partial charge in [-0.05, 0) is 59.9 Å². The van der Waals surface area contributed by atoms with E-state index in [1.807, 2.05) is 55.5 Å². The lowest BCUT2D eigenvalue weighted by atomic mass is 9.99. The number of Topliss-reactive ketones (excluding diaryl/α,β-unsaturated/α-hetero) is 1. The molecule has 2 heterocycles. The number of hydrogen-bond acceptors (Lipinski definition) is 4. The van der Waals surface area contributed by atoms with Crippen LogP contribution in [0.2, 0.25) is 10.0 Å². The predicted molar refractivity (Wildman–Crippen MR) is 152 cm³/mol. The Morgan fingerprint density at radius 1 is 0.921 bits per heavy atom. The second kappa shape index (κ2) is 10.3. The molecule has 0 bridgehead atoms. The molecule has 0 amide bonds. The molecule has 0 atom stereocenters. The summed E-state index contributed by atoms with van der Waals surface area (Å²) in [5.74, 6) is 1.60. The van der Waals surface area contributed by atoms with E-state index in [1.165, 1.54) is 0 Å². The molecule has 0 fully saturated rings. The standard InChI is InChI=1S/C32H25Cl2NO3/c1-20-31-25(18-35(19-37-31)14-13-24-11-12-26(33)17-28(24)34)16-27-30(36)29(38-32(20)27)15-21-7-9-23(10-8-21)22-5-3-2-4-6-22/h2-12,15-17H,13-14,18-19H2,1H3/b29-15-. The first-order valence-electron chi connectivity index (χ1n) is 12.5. The first-order valence-corrected chi connectivity index (χ1v) is 13.3. The Hall–Kier alpha value is -3.57. The Kier molecular flexibility index (Phi) is 6.71. The molecule has 4 nitrogen and oxygen atoms in total. The lowest BCUT2D eigenvalue weighted by Gasteiger charge is -2.30. The third-order valence-corrected chi connectivity index (χ3v) is 7.62. The van der Waals surface area contributed by atoms with Crippen LogP contribution < -0.4 is 9.47 Å². The number of carbonyl (C=O) groups excluding carboxylic acids is 1. The van der Waals surface area contributed by atoms with Crippen molar-refractivity contribution in [1.29, 1.82) is 0 Å².